The van der Waals surface area contributed by atoms with Gasteiger partial charge < -0.3 is 10.6 Å². The Morgan fingerprint density at radius 2 is 1.69 bits per heavy atom. The van der Waals surface area contributed by atoms with Crippen molar-refractivity contribution in [3.8, 4) is 0 Å². The lowest BCUT2D eigenvalue weighted by atomic mass is 10.1. The van der Waals surface area contributed by atoms with Crippen molar-refractivity contribution in [2.24, 2.45) is 0 Å². The highest BCUT2D eigenvalue weighted by atomic mass is 32.2. The molecule has 4 aromatic rings. The van der Waals surface area contributed by atoms with Crippen LogP contribution in [0.25, 0.3) is 10.2 Å². The summed E-state index contributed by atoms with van der Waals surface area (Å²) in [7, 11) is 0. The molecular formula is C25H23N3O2S2. The third-order valence-corrected chi connectivity index (χ3v) is 6.89. The number of fused-ring (bicyclic) bond motifs is 1. The zero-order chi connectivity index (χ0) is 22.7. The summed E-state index contributed by atoms with van der Waals surface area (Å²) >= 11 is 2.90. The molecule has 162 valence electrons. The molecule has 2 amide bonds. The number of carbonyl (C=O) groups is 2. The number of rotatable bonds is 6. The Balaban J connectivity index is 1.39. The molecule has 0 aliphatic heterocycles. The maximum atomic E-state index is 12.7. The molecule has 1 heterocycles. The fraction of sp³-hybridized carbons (Fsp3) is 0.160. The van der Waals surface area contributed by atoms with Crippen LogP contribution in [0.3, 0.4) is 0 Å². The van der Waals surface area contributed by atoms with Gasteiger partial charge in [0.25, 0.3) is 5.91 Å². The van der Waals surface area contributed by atoms with Crippen molar-refractivity contribution in [2.75, 3.05) is 10.6 Å². The van der Waals surface area contributed by atoms with Crippen LogP contribution in [0.1, 0.15) is 28.4 Å². The molecule has 1 atom stereocenters. The molecule has 2 N–H and O–H groups in total. The first kappa shape index (κ1) is 22.0. The number of hydrogen-bond acceptors (Lipinski definition) is 5. The van der Waals surface area contributed by atoms with E-state index in [1.54, 1.807) is 12.1 Å². The van der Waals surface area contributed by atoms with Gasteiger partial charge in [-0.25, -0.2) is 4.98 Å². The number of benzene rings is 3. The molecule has 0 radical (unpaired) electrons. The van der Waals surface area contributed by atoms with Gasteiger partial charge >= 0.3 is 0 Å². The number of thiazole rings is 1. The summed E-state index contributed by atoms with van der Waals surface area (Å²) in [6.45, 7) is 5.87. The summed E-state index contributed by atoms with van der Waals surface area (Å²) in [5.41, 5.74) is 4.45. The molecule has 1 unspecified atom stereocenters. The lowest BCUT2D eigenvalue weighted by Gasteiger charge is -2.12. The van der Waals surface area contributed by atoms with Gasteiger partial charge in [0.05, 0.1) is 15.5 Å². The third-order valence-electron chi connectivity index (χ3n) is 4.86. The van der Waals surface area contributed by atoms with Crippen molar-refractivity contribution in [3.63, 3.8) is 0 Å². The normalized spacial score (nSPS) is 11.8. The van der Waals surface area contributed by atoms with Crippen LogP contribution in [-0.4, -0.2) is 22.0 Å². The molecule has 0 aliphatic carbocycles. The van der Waals surface area contributed by atoms with Gasteiger partial charge in [-0.05, 0) is 68.8 Å². The van der Waals surface area contributed by atoms with Gasteiger partial charge in [0.15, 0.2) is 5.13 Å². The van der Waals surface area contributed by atoms with E-state index < -0.39 is 0 Å². The summed E-state index contributed by atoms with van der Waals surface area (Å²) < 4.78 is 1.05. The third kappa shape index (κ3) is 5.36. The van der Waals surface area contributed by atoms with Gasteiger partial charge in [0.2, 0.25) is 5.91 Å². The lowest BCUT2D eigenvalue weighted by Crippen LogP contribution is -2.22. The Morgan fingerprint density at radius 3 is 2.47 bits per heavy atom. The minimum absolute atomic E-state index is 0.111. The number of anilines is 2. The predicted octanol–water partition coefficient (Wildman–Crippen LogP) is 6.28. The molecule has 32 heavy (non-hydrogen) atoms. The summed E-state index contributed by atoms with van der Waals surface area (Å²) in [5.74, 6) is -0.274. The number of nitrogens with zero attached hydrogens (tertiary/aromatic N) is 1. The van der Waals surface area contributed by atoms with E-state index in [4.69, 9.17) is 0 Å². The molecule has 0 aliphatic rings. The summed E-state index contributed by atoms with van der Waals surface area (Å²) in [4.78, 5) is 30.6. The lowest BCUT2D eigenvalue weighted by molar-refractivity contribution is -0.115. The van der Waals surface area contributed by atoms with E-state index in [0.717, 1.165) is 26.2 Å². The monoisotopic (exact) mass is 461 g/mol. The highest BCUT2D eigenvalue weighted by molar-refractivity contribution is 8.00. The molecule has 0 saturated carbocycles. The number of aromatic nitrogens is 1. The molecule has 5 nitrogen and oxygen atoms in total. The minimum Gasteiger partial charge on any atom is -0.322 e. The second-order valence-electron chi connectivity index (χ2n) is 7.59. The second kappa shape index (κ2) is 9.54. The molecule has 1 aromatic heterocycles. The zero-order valence-corrected chi connectivity index (χ0v) is 19.6. The highest BCUT2D eigenvalue weighted by Crippen LogP contribution is 2.29. The van der Waals surface area contributed by atoms with E-state index in [1.165, 1.54) is 23.1 Å². The van der Waals surface area contributed by atoms with E-state index in [-0.39, 0.29) is 17.1 Å². The van der Waals surface area contributed by atoms with Gasteiger partial charge in [-0.1, -0.05) is 41.2 Å². The maximum absolute atomic E-state index is 12.7. The van der Waals surface area contributed by atoms with Crippen molar-refractivity contribution in [2.45, 2.75) is 30.9 Å². The molecule has 3 aromatic carbocycles. The molecule has 4 rings (SSSR count). The van der Waals surface area contributed by atoms with E-state index in [1.807, 2.05) is 69.3 Å². The van der Waals surface area contributed by atoms with E-state index in [9.17, 15) is 9.59 Å². The zero-order valence-electron chi connectivity index (χ0n) is 18.0. The quantitative estimate of drug-likeness (QED) is 0.331. The van der Waals surface area contributed by atoms with E-state index in [0.29, 0.717) is 16.4 Å². The fourth-order valence-corrected chi connectivity index (χ4v) is 5.00. The van der Waals surface area contributed by atoms with Crippen LogP contribution in [0.4, 0.5) is 10.8 Å². The Morgan fingerprint density at radius 1 is 0.938 bits per heavy atom. The van der Waals surface area contributed by atoms with Crippen molar-refractivity contribution < 1.29 is 9.59 Å². The summed E-state index contributed by atoms with van der Waals surface area (Å²) in [5, 5.41) is 6.11. The first-order valence-corrected chi connectivity index (χ1v) is 11.9. The number of hydrogen-bond donors (Lipinski definition) is 2. The molecular weight excluding hydrogens is 438 g/mol. The largest absolute Gasteiger partial charge is 0.322 e. The Hall–Kier alpha value is -3.16. The van der Waals surface area contributed by atoms with Crippen LogP contribution in [-0.2, 0) is 4.79 Å². The van der Waals surface area contributed by atoms with Crippen LogP contribution < -0.4 is 10.6 Å². The van der Waals surface area contributed by atoms with Crippen LogP contribution in [0.5, 0.6) is 0 Å². The van der Waals surface area contributed by atoms with E-state index in [2.05, 4.69) is 21.7 Å². The topological polar surface area (TPSA) is 71.1 Å². The van der Waals surface area contributed by atoms with Gasteiger partial charge in [-0.3, -0.25) is 9.59 Å². The van der Waals surface area contributed by atoms with Crippen molar-refractivity contribution >= 4 is 55.9 Å². The number of amides is 2. The summed E-state index contributed by atoms with van der Waals surface area (Å²) in [6, 6.07) is 21.0. The van der Waals surface area contributed by atoms with Gasteiger partial charge in [0.1, 0.15) is 0 Å². The van der Waals surface area contributed by atoms with E-state index >= 15 is 0 Å². The van der Waals surface area contributed by atoms with Crippen molar-refractivity contribution in [1.82, 2.24) is 4.98 Å². The molecule has 0 bridgehead atoms. The summed E-state index contributed by atoms with van der Waals surface area (Å²) in [6.07, 6.45) is 0. The smallest absolute Gasteiger partial charge is 0.255 e. The SMILES string of the molecule is Cc1ccc(C(=O)Nc2cccc(SC(C)C(=O)Nc3nc4ccc(C)cc4s3)c2)cc1. The Labute approximate surface area is 195 Å². The Bertz CT molecular complexity index is 1280. The fourth-order valence-electron chi connectivity index (χ4n) is 3.11. The molecule has 0 spiro atoms. The average Bonchev–Trinajstić information content (AvgIpc) is 3.15. The van der Waals surface area contributed by atoms with Gasteiger partial charge in [0, 0.05) is 16.1 Å². The predicted molar refractivity (Wildman–Crippen MR) is 134 cm³/mol. The number of aryl methyl sites for hydroxylation is 2. The van der Waals surface area contributed by atoms with Gasteiger partial charge in [-0.15, -0.1) is 11.8 Å². The van der Waals surface area contributed by atoms with Crippen molar-refractivity contribution in [1.29, 1.82) is 0 Å². The number of thioether (sulfide) groups is 1. The average molecular weight is 462 g/mol. The number of nitrogens with one attached hydrogen (secondary N) is 2. The Kier molecular flexibility index (Phi) is 6.58. The molecule has 0 saturated heterocycles. The van der Waals surface area contributed by atoms with Crippen LogP contribution in [0, 0.1) is 13.8 Å². The van der Waals surface area contributed by atoms with Crippen LogP contribution >= 0.6 is 23.1 Å². The minimum atomic E-state index is -0.327. The maximum Gasteiger partial charge on any atom is 0.255 e. The number of carbonyl (C=O) groups excluding carboxylic acids is 2. The standard InChI is InChI=1S/C25H23N3O2S2/c1-15-7-10-18(11-8-15)24(30)26-19-5-4-6-20(14-19)31-17(3)23(29)28-25-27-21-12-9-16(2)13-22(21)32-25/h4-14,17H,1-3H3,(H,26,30)(H,27,28,29). The molecule has 7 heteroatoms. The van der Waals surface area contributed by atoms with Gasteiger partial charge in [-0.2, -0.15) is 0 Å². The molecule has 0 fully saturated rings. The first-order valence-electron chi connectivity index (χ1n) is 10.2. The van der Waals surface area contributed by atoms with Crippen LogP contribution in [0.2, 0.25) is 0 Å². The second-order valence-corrected chi connectivity index (χ2v) is 10.0. The van der Waals surface area contributed by atoms with Crippen molar-refractivity contribution in [3.05, 3.63) is 83.4 Å². The highest BCUT2D eigenvalue weighted by Gasteiger charge is 2.17. The first-order chi connectivity index (χ1) is 15.4. The van der Waals surface area contributed by atoms with Crippen LogP contribution in [0.15, 0.2) is 71.6 Å².